The Kier molecular flexibility index (Phi) is 13.2. The Morgan fingerprint density at radius 2 is 1.31 bits per heavy atom. The van der Waals surface area contributed by atoms with Crippen LogP contribution in [-0.4, -0.2) is 145 Å². The monoisotopic (exact) mass is 867 g/mol. The Labute approximate surface area is 364 Å². The SMILES string of the molecule is CN(C)C(=O)C1CN(c2ccc3c(c2)[Si](C)(C)c2cc(N4CC(C(=O)N(C)C)C4)ccc2C32C(=[N+]=[N-])C(=O)c3ccc(C(=O)NCCOCCOCCCCCCCl)cc32)C1. The summed E-state index contributed by atoms with van der Waals surface area (Å²) < 4.78 is 11.4. The number of nitrogens with one attached hydrogen (secondary N) is 1. The Hall–Kier alpha value is -4.85. The molecule has 3 aromatic rings. The Bertz CT molecular complexity index is 2160. The summed E-state index contributed by atoms with van der Waals surface area (Å²) in [5, 5.41) is 5.11. The molecule has 2 fully saturated rings. The fourth-order valence-electron chi connectivity index (χ4n) is 9.46. The highest BCUT2D eigenvalue weighted by Gasteiger charge is 2.63. The van der Waals surface area contributed by atoms with E-state index in [-0.39, 0.29) is 41.8 Å². The number of unbranched alkanes of at least 4 members (excludes halogenated alkanes) is 3. The summed E-state index contributed by atoms with van der Waals surface area (Å²) in [5.74, 6) is 0.00785. The van der Waals surface area contributed by atoms with E-state index in [4.69, 9.17) is 21.1 Å². The molecular formula is C46H58ClN7O6Si. The van der Waals surface area contributed by atoms with Crippen LogP contribution in [-0.2, 0) is 24.5 Å². The van der Waals surface area contributed by atoms with Crippen molar-refractivity contribution in [1.82, 2.24) is 15.1 Å². The number of benzene rings is 3. The zero-order valence-corrected chi connectivity index (χ0v) is 38.0. The third-order valence-electron chi connectivity index (χ3n) is 12.9. The summed E-state index contributed by atoms with van der Waals surface area (Å²) in [6.07, 6.45) is 4.21. The van der Waals surface area contributed by atoms with Crippen LogP contribution in [0.1, 0.15) is 63.1 Å². The van der Waals surface area contributed by atoms with Crippen LogP contribution in [0.2, 0.25) is 13.1 Å². The molecule has 3 aromatic carbocycles. The number of amides is 3. The molecule has 2 saturated heterocycles. The summed E-state index contributed by atoms with van der Waals surface area (Å²) in [5.41, 5.74) is 14.5. The molecule has 1 spiro atoms. The van der Waals surface area contributed by atoms with Crippen LogP contribution >= 0.6 is 11.6 Å². The third-order valence-corrected chi connectivity index (χ3v) is 16.7. The van der Waals surface area contributed by atoms with Gasteiger partial charge in [-0.05, 0) is 82.4 Å². The first-order chi connectivity index (χ1) is 29.2. The van der Waals surface area contributed by atoms with Crippen molar-refractivity contribution in [2.75, 3.05) is 103 Å². The number of carbonyl (C=O) groups excluding carboxylic acids is 4. The van der Waals surface area contributed by atoms with Crippen LogP contribution in [0.4, 0.5) is 11.4 Å². The van der Waals surface area contributed by atoms with Gasteiger partial charge in [0, 0.05) is 95.9 Å². The number of anilines is 2. The number of ketones is 1. The zero-order valence-electron chi connectivity index (χ0n) is 36.3. The van der Waals surface area contributed by atoms with Gasteiger partial charge in [0.25, 0.3) is 11.7 Å². The quantitative estimate of drug-likeness (QED) is 0.0712. The predicted molar refractivity (Wildman–Crippen MR) is 241 cm³/mol. The fraction of sp³-hybridized carbons (Fsp3) is 0.500. The molecule has 0 atom stereocenters. The highest BCUT2D eigenvalue weighted by molar-refractivity contribution is 7.01. The molecule has 3 aliphatic heterocycles. The number of rotatable bonds is 17. The Morgan fingerprint density at radius 3 is 1.84 bits per heavy atom. The van der Waals surface area contributed by atoms with Crippen LogP contribution in [0.3, 0.4) is 0 Å². The van der Waals surface area contributed by atoms with Crippen LogP contribution in [0.25, 0.3) is 5.53 Å². The molecule has 3 heterocycles. The van der Waals surface area contributed by atoms with Crippen LogP contribution < -0.4 is 25.5 Å². The number of nitrogens with zero attached hydrogens (tertiary/aromatic N) is 6. The minimum atomic E-state index is -2.59. The number of carbonyl (C=O) groups is 4. The lowest BCUT2D eigenvalue weighted by Crippen LogP contribution is -2.65. The van der Waals surface area contributed by atoms with Gasteiger partial charge in [0.2, 0.25) is 11.8 Å². The molecule has 3 amide bonds. The first kappa shape index (κ1) is 44.2. The molecule has 1 aliphatic carbocycles. The van der Waals surface area contributed by atoms with Gasteiger partial charge in [-0.2, -0.15) is 4.79 Å². The first-order valence-corrected chi connectivity index (χ1v) is 24.9. The average molecular weight is 869 g/mol. The van der Waals surface area contributed by atoms with E-state index in [0.717, 1.165) is 58.6 Å². The van der Waals surface area contributed by atoms with E-state index in [1.54, 1.807) is 56.2 Å². The van der Waals surface area contributed by atoms with Crippen molar-refractivity contribution >= 4 is 70.6 Å². The number of hydrogen-bond donors (Lipinski definition) is 1. The maximum absolute atomic E-state index is 14.4. The molecule has 15 heteroatoms. The fourth-order valence-corrected chi connectivity index (χ4v) is 12.8. The summed E-state index contributed by atoms with van der Waals surface area (Å²) >= 11 is 5.74. The Balaban J connectivity index is 1.20. The standard InChI is InChI=1S/C46H58ClN7O6Si/c1-51(2)44(57)31-26-53(27-31)33-12-15-36-39(24-33)61(5,6)40-25-34(54-28-32(29-54)45(58)52(3)4)13-16-37(40)46(36)38-23-30(11-14-35(38)41(55)42(46)50-48)43(56)49-18-20-60-22-21-59-19-10-8-7-9-17-47/h11-16,23-25,31-32H,7-10,17-22,26-29H2,1-6H3,(H,49,56). The number of fused-ring (bicyclic) bond motifs is 6. The van der Waals surface area contributed by atoms with Crippen LogP contribution in [0.5, 0.6) is 0 Å². The topological polar surface area (TPSA) is 148 Å². The number of halogens is 1. The van der Waals surface area contributed by atoms with Crippen molar-refractivity contribution in [1.29, 1.82) is 0 Å². The van der Waals surface area contributed by atoms with Gasteiger partial charge < -0.3 is 39.9 Å². The molecule has 0 bridgehead atoms. The lowest BCUT2D eigenvalue weighted by molar-refractivity contribution is -0.134. The van der Waals surface area contributed by atoms with Gasteiger partial charge in [0.1, 0.15) is 8.07 Å². The molecule has 0 radical (unpaired) electrons. The van der Waals surface area contributed by atoms with Crippen molar-refractivity contribution < 1.29 is 33.4 Å². The minimum absolute atomic E-state index is 0.0142. The predicted octanol–water partition coefficient (Wildman–Crippen LogP) is 3.64. The van der Waals surface area contributed by atoms with E-state index in [0.29, 0.717) is 75.2 Å². The van der Waals surface area contributed by atoms with Gasteiger partial charge in [-0.1, -0.05) is 38.1 Å². The van der Waals surface area contributed by atoms with Gasteiger partial charge in [0.15, 0.2) is 5.41 Å². The second-order valence-corrected chi connectivity index (χ2v) is 22.3. The molecule has 0 unspecified atom stereocenters. The smallest absolute Gasteiger partial charge is 0.358 e. The molecule has 0 saturated carbocycles. The average Bonchev–Trinajstić information content (AvgIpc) is 3.46. The van der Waals surface area contributed by atoms with E-state index in [1.807, 2.05) is 24.3 Å². The molecule has 4 aliphatic rings. The molecule has 324 valence electrons. The van der Waals surface area contributed by atoms with Crippen molar-refractivity contribution in [2.24, 2.45) is 11.8 Å². The third kappa shape index (κ3) is 8.16. The Morgan fingerprint density at radius 1 is 0.770 bits per heavy atom. The number of Topliss-reactive ketones (excluding diaryl/α,β-unsaturated/α-hetero) is 1. The second kappa shape index (κ2) is 18.2. The van der Waals surface area contributed by atoms with Gasteiger partial charge in [0.05, 0.1) is 31.7 Å². The number of hydrogen-bond acceptors (Lipinski definition) is 8. The van der Waals surface area contributed by atoms with Gasteiger partial charge in [-0.15, -0.1) is 11.6 Å². The normalized spacial score (nSPS) is 17.2. The molecule has 61 heavy (non-hydrogen) atoms. The lowest BCUT2D eigenvalue weighted by Gasteiger charge is -2.46. The van der Waals surface area contributed by atoms with Crippen LogP contribution in [0, 0.1) is 11.8 Å². The summed E-state index contributed by atoms with van der Waals surface area (Å²) in [6.45, 7) is 9.17. The minimum Gasteiger partial charge on any atom is -0.379 e. The molecule has 13 nitrogen and oxygen atoms in total. The van der Waals surface area contributed by atoms with E-state index < -0.39 is 19.3 Å². The molecule has 0 aromatic heterocycles. The van der Waals surface area contributed by atoms with Crippen molar-refractivity contribution in [2.45, 2.75) is 44.2 Å². The van der Waals surface area contributed by atoms with E-state index in [9.17, 15) is 24.7 Å². The van der Waals surface area contributed by atoms with E-state index >= 15 is 0 Å². The highest BCUT2D eigenvalue weighted by Crippen LogP contribution is 2.50. The van der Waals surface area contributed by atoms with Gasteiger partial charge >= 0.3 is 5.71 Å². The first-order valence-electron chi connectivity index (χ1n) is 21.4. The van der Waals surface area contributed by atoms with Crippen molar-refractivity contribution in [3.8, 4) is 0 Å². The maximum atomic E-state index is 14.4. The second-order valence-electron chi connectivity index (χ2n) is 17.6. The van der Waals surface area contributed by atoms with Crippen LogP contribution in [0.15, 0.2) is 54.6 Å². The summed E-state index contributed by atoms with van der Waals surface area (Å²) in [6, 6.07) is 17.6. The summed E-state index contributed by atoms with van der Waals surface area (Å²) in [7, 11) is 4.52. The van der Waals surface area contributed by atoms with E-state index in [2.05, 4.69) is 45.1 Å². The molecular weight excluding hydrogens is 810 g/mol. The lowest BCUT2D eigenvalue weighted by atomic mass is 9.68. The molecule has 7 rings (SSSR count). The highest BCUT2D eigenvalue weighted by atomic mass is 35.5. The largest absolute Gasteiger partial charge is 0.379 e. The van der Waals surface area contributed by atoms with Crippen molar-refractivity contribution in [3.63, 3.8) is 0 Å². The van der Waals surface area contributed by atoms with Gasteiger partial charge in [-0.3, -0.25) is 19.2 Å². The maximum Gasteiger partial charge on any atom is 0.358 e. The van der Waals surface area contributed by atoms with Crippen molar-refractivity contribution in [3.05, 3.63) is 87.9 Å². The zero-order chi connectivity index (χ0) is 43.6. The molecule has 1 N–H and O–H groups in total. The number of ether oxygens (including phenoxy) is 2. The van der Waals surface area contributed by atoms with Gasteiger partial charge in [-0.25, -0.2) is 0 Å². The number of alkyl halides is 1. The summed E-state index contributed by atoms with van der Waals surface area (Å²) in [4.78, 5) is 65.2. The van der Waals surface area contributed by atoms with E-state index in [1.165, 1.54) is 0 Å².